The van der Waals surface area contributed by atoms with Crippen LogP contribution in [-0.2, 0) is 6.54 Å². The zero-order valence-corrected chi connectivity index (χ0v) is 17.9. The van der Waals surface area contributed by atoms with Crippen molar-refractivity contribution in [2.75, 3.05) is 13.1 Å². The molecule has 152 valence electrons. The van der Waals surface area contributed by atoms with Crippen LogP contribution in [0.15, 0.2) is 64.1 Å². The smallest absolute Gasteiger partial charge is 0.258 e. The van der Waals surface area contributed by atoms with E-state index in [9.17, 15) is 4.79 Å². The van der Waals surface area contributed by atoms with Gasteiger partial charge >= 0.3 is 0 Å². The van der Waals surface area contributed by atoms with Crippen LogP contribution in [0.1, 0.15) is 35.7 Å². The van der Waals surface area contributed by atoms with E-state index in [1.165, 1.54) is 16.7 Å². The van der Waals surface area contributed by atoms with Gasteiger partial charge in [0.15, 0.2) is 0 Å². The molecule has 30 heavy (non-hydrogen) atoms. The molecule has 0 unspecified atom stereocenters. The minimum absolute atomic E-state index is 0.0219. The van der Waals surface area contributed by atoms with Gasteiger partial charge in [-0.05, 0) is 84.6 Å². The Hall–Kier alpha value is -2.76. The van der Waals surface area contributed by atoms with Gasteiger partial charge in [0.25, 0.3) is 5.56 Å². The van der Waals surface area contributed by atoms with E-state index in [4.69, 9.17) is 4.98 Å². The number of fused-ring (bicyclic) bond motifs is 1. The van der Waals surface area contributed by atoms with Crippen LogP contribution < -0.4 is 5.56 Å². The first-order valence-electron chi connectivity index (χ1n) is 10.5. The van der Waals surface area contributed by atoms with Gasteiger partial charge in [-0.3, -0.25) is 9.69 Å². The summed E-state index contributed by atoms with van der Waals surface area (Å²) in [6, 6.07) is 16.9. The summed E-state index contributed by atoms with van der Waals surface area (Å²) in [5.74, 6) is 1.16. The SMILES string of the molecule is Cc1ccc2nc(C3CCN(Cc4cccc(-c5ccsc5)c4)CC3)[nH]c(=O)c2c1. The van der Waals surface area contributed by atoms with Gasteiger partial charge in [-0.1, -0.05) is 29.8 Å². The van der Waals surface area contributed by atoms with Gasteiger partial charge in [0.2, 0.25) is 0 Å². The van der Waals surface area contributed by atoms with Gasteiger partial charge in [-0.15, -0.1) is 0 Å². The molecule has 1 aliphatic heterocycles. The third-order valence-corrected chi connectivity index (χ3v) is 6.72. The van der Waals surface area contributed by atoms with E-state index in [1.807, 2.05) is 25.1 Å². The summed E-state index contributed by atoms with van der Waals surface area (Å²) in [5.41, 5.74) is 5.79. The number of nitrogens with zero attached hydrogens (tertiary/aromatic N) is 2. The van der Waals surface area contributed by atoms with Crippen molar-refractivity contribution in [3.63, 3.8) is 0 Å². The van der Waals surface area contributed by atoms with E-state index >= 15 is 0 Å². The lowest BCUT2D eigenvalue weighted by Crippen LogP contribution is -2.33. The van der Waals surface area contributed by atoms with Crippen LogP contribution in [0.5, 0.6) is 0 Å². The lowest BCUT2D eigenvalue weighted by Gasteiger charge is -2.31. The molecule has 5 rings (SSSR count). The number of aryl methyl sites for hydroxylation is 1. The van der Waals surface area contributed by atoms with E-state index in [0.717, 1.165) is 49.4 Å². The summed E-state index contributed by atoms with van der Waals surface area (Å²) in [7, 11) is 0. The van der Waals surface area contributed by atoms with E-state index in [0.29, 0.717) is 11.3 Å². The maximum Gasteiger partial charge on any atom is 0.258 e. The molecule has 2 aromatic carbocycles. The topological polar surface area (TPSA) is 49.0 Å². The summed E-state index contributed by atoms with van der Waals surface area (Å²) >= 11 is 1.73. The Bertz CT molecular complexity index is 1220. The Balaban J connectivity index is 1.27. The minimum Gasteiger partial charge on any atom is -0.310 e. The molecule has 0 aliphatic carbocycles. The van der Waals surface area contributed by atoms with E-state index in [-0.39, 0.29) is 5.56 Å². The number of benzene rings is 2. The first kappa shape index (κ1) is 19.2. The van der Waals surface area contributed by atoms with Gasteiger partial charge in [0.1, 0.15) is 5.82 Å². The number of nitrogens with one attached hydrogen (secondary N) is 1. The molecule has 1 saturated heterocycles. The van der Waals surface area contributed by atoms with Crippen LogP contribution in [0.3, 0.4) is 0 Å². The number of likely N-dealkylation sites (tertiary alicyclic amines) is 1. The first-order valence-corrected chi connectivity index (χ1v) is 11.4. The molecule has 0 amide bonds. The Morgan fingerprint density at radius 1 is 1.10 bits per heavy atom. The van der Waals surface area contributed by atoms with Crippen molar-refractivity contribution in [2.24, 2.45) is 0 Å². The highest BCUT2D eigenvalue weighted by Crippen LogP contribution is 2.28. The van der Waals surface area contributed by atoms with Crippen LogP contribution in [0.4, 0.5) is 0 Å². The Morgan fingerprint density at radius 3 is 2.77 bits per heavy atom. The quantitative estimate of drug-likeness (QED) is 0.489. The lowest BCUT2D eigenvalue weighted by atomic mass is 9.95. The number of thiophene rings is 1. The number of aromatic amines is 1. The summed E-state index contributed by atoms with van der Waals surface area (Å²) in [4.78, 5) is 22.9. The van der Waals surface area contributed by atoms with Crippen LogP contribution in [0, 0.1) is 6.92 Å². The number of aromatic nitrogens is 2. The summed E-state index contributed by atoms with van der Waals surface area (Å²) in [6.45, 7) is 5.00. The van der Waals surface area contributed by atoms with Crippen LogP contribution in [0.25, 0.3) is 22.0 Å². The molecule has 3 heterocycles. The second-order valence-electron chi connectivity index (χ2n) is 8.23. The van der Waals surface area contributed by atoms with Crippen LogP contribution in [-0.4, -0.2) is 28.0 Å². The number of rotatable bonds is 4. The van der Waals surface area contributed by atoms with E-state index < -0.39 is 0 Å². The molecule has 0 spiro atoms. The van der Waals surface area contributed by atoms with Gasteiger partial charge in [0, 0.05) is 12.5 Å². The third kappa shape index (κ3) is 3.95. The number of piperidine rings is 1. The number of hydrogen-bond donors (Lipinski definition) is 1. The average molecular weight is 416 g/mol. The second-order valence-corrected chi connectivity index (χ2v) is 9.01. The molecule has 1 fully saturated rings. The second kappa shape index (κ2) is 8.17. The summed E-state index contributed by atoms with van der Waals surface area (Å²) in [6.07, 6.45) is 2.04. The third-order valence-electron chi connectivity index (χ3n) is 6.04. The number of hydrogen-bond acceptors (Lipinski definition) is 4. The maximum absolute atomic E-state index is 12.5. The normalized spacial score (nSPS) is 15.6. The maximum atomic E-state index is 12.5. The van der Waals surface area contributed by atoms with Gasteiger partial charge < -0.3 is 4.98 Å². The van der Waals surface area contributed by atoms with Gasteiger partial charge in [-0.2, -0.15) is 11.3 Å². The lowest BCUT2D eigenvalue weighted by molar-refractivity contribution is 0.202. The van der Waals surface area contributed by atoms with Gasteiger partial charge in [-0.25, -0.2) is 4.98 Å². The van der Waals surface area contributed by atoms with Crippen LogP contribution in [0.2, 0.25) is 0 Å². The molecule has 1 aliphatic rings. The highest BCUT2D eigenvalue weighted by atomic mass is 32.1. The summed E-state index contributed by atoms with van der Waals surface area (Å²) < 4.78 is 0. The molecule has 4 aromatic rings. The van der Waals surface area contributed by atoms with E-state index in [1.54, 1.807) is 11.3 Å². The van der Waals surface area contributed by atoms with Crippen molar-refractivity contribution in [2.45, 2.75) is 32.2 Å². The fourth-order valence-electron chi connectivity index (χ4n) is 4.36. The van der Waals surface area contributed by atoms with Crippen LogP contribution >= 0.6 is 11.3 Å². The highest BCUT2D eigenvalue weighted by Gasteiger charge is 2.23. The molecule has 4 nitrogen and oxygen atoms in total. The highest BCUT2D eigenvalue weighted by molar-refractivity contribution is 7.08. The standard InChI is InChI=1S/C25H25N3OS/c1-17-5-6-23-22(13-17)25(29)27-24(26-23)19-7-10-28(11-8-19)15-18-3-2-4-20(14-18)21-9-12-30-16-21/h2-6,9,12-14,16,19H,7-8,10-11,15H2,1H3,(H,26,27,29). The van der Waals surface area contributed by atoms with Crippen molar-refractivity contribution in [3.8, 4) is 11.1 Å². The molecule has 0 bridgehead atoms. The zero-order chi connectivity index (χ0) is 20.5. The molecule has 0 saturated carbocycles. The van der Waals surface area contributed by atoms with Crippen molar-refractivity contribution >= 4 is 22.2 Å². The van der Waals surface area contributed by atoms with Crippen molar-refractivity contribution < 1.29 is 0 Å². The molecule has 0 radical (unpaired) electrons. The molecular formula is C25H25N3OS. The largest absolute Gasteiger partial charge is 0.310 e. The fraction of sp³-hybridized carbons (Fsp3) is 0.280. The summed E-state index contributed by atoms with van der Waals surface area (Å²) in [5, 5.41) is 5.00. The molecule has 5 heteroatoms. The minimum atomic E-state index is -0.0219. The Labute approximate surface area is 180 Å². The number of H-pyrrole nitrogens is 1. The van der Waals surface area contributed by atoms with Crippen molar-refractivity contribution in [1.82, 2.24) is 14.9 Å². The first-order chi connectivity index (χ1) is 14.7. The predicted octanol–water partition coefficient (Wildman–Crippen LogP) is 5.34. The zero-order valence-electron chi connectivity index (χ0n) is 17.1. The molecular weight excluding hydrogens is 390 g/mol. The predicted molar refractivity (Wildman–Crippen MR) is 124 cm³/mol. The molecule has 2 aromatic heterocycles. The van der Waals surface area contributed by atoms with E-state index in [2.05, 4.69) is 51.0 Å². The molecule has 1 N–H and O–H groups in total. The Morgan fingerprint density at radius 2 is 1.97 bits per heavy atom. The fourth-order valence-corrected chi connectivity index (χ4v) is 5.03. The Kier molecular flexibility index (Phi) is 5.23. The van der Waals surface area contributed by atoms with Crippen molar-refractivity contribution in [3.05, 3.63) is 86.6 Å². The average Bonchev–Trinajstić information content (AvgIpc) is 3.30. The van der Waals surface area contributed by atoms with Crippen molar-refractivity contribution in [1.29, 1.82) is 0 Å². The monoisotopic (exact) mass is 415 g/mol. The molecule has 0 atom stereocenters. The van der Waals surface area contributed by atoms with Gasteiger partial charge in [0.05, 0.1) is 10.9 Å².